The molecule has 1 amide bonds. The highest BCUT2D eigenvalue weighted by Gasteiger charge is 2.37. The van der Waals surface area contributed by atoms with Gasteiger partial charge in [-0.3, -0.25) is 4.79 Å². The summed E-state index contributed by atoms with van der Waals surface area (Å²) in [6.45, 7) is 8.49. The van der Waals surface area contributed by atoms with E-state index in [0.29, 0.717) is 26.1 Å². The number of piperidine rings is 1. The van der Waals surface area contributed by atoms with Gasteiger partial charge in [-0.25, -0.2) is 4.79 Å². The van der Waals surface area contributed by atoms with Crippen LogP contribution in [0, 0.1) is 0 Å². The monoisotopic (exact) mass is 286 g/mol. The van der Waals surface area contributed by atoms with Crippen LogP contribution in [0.3, 0.4) is 0 Å². The van der Waals surface area contributed by atoms with E-state index < -0.39 is 11.1 Å². The van der Waals surface area contributed by atoms with Gasteiger partial charge in [-0.15, -0.1) is 0 Å². The van der Waals surface area contributed by atoms with Gasteiger partial charge < -0.3 is 20.1 Å². The minimum absolute atomic E-state index is 0.125. The number of rotatable bonds is 3. The second-order valence-corrected chi connectivity index (χ2v) is 6.35. The molecule has 0 saturated carbocycles. The molecular weight excluding hydrogens is 260 g/mol. The molecule has 1 saturated heterocycles. The Morgan fingerprint density at radius 2 is 2.00 bits per heavy atom. The SMILES string of the molecule is CCOC(=O)C[C@]1(N)CCCN(C(=O)OC(C)(C)C)C1. The molecule has 0 radical (unpaired) electrons. The minimum Gasteiger partial charge on any atom is -0.466 e. The number of hydrogen-bond acceptors (Lipinski definition) is 5. The van der Waals surface area contributed by atoms with Crippen LogP contribution in [-0.2, 0) is 14.3 Å². The largest absolute Gasteiger partial charge is 0.466 e. The van der Waals surface area contributed by atoms with Crippen molar-refractivity contribution in [2.75, 3.05) is 19.7 Å². The third-order valence-corrected chi connectivity index (χ3v) is 3.06. The summed E-state index contributed by atoms with van der Waals surface area (Å²) in [7, 11) is 0. The average Bonchev–Trinajstić information content (AvgIpc) is 2.26. The number of amides is 1. The van der Waals surface area contributed by atoms with E-state index in [4.69, 9.17) is 15.2 Å². The second kappa shape index (κ2) is 6.43. The highest BCUT2D eigenvalue weighted by Crippen LogP contribution is 2.24. The molecule has 0 unspecified atom stereocenters. The lowest BCUT2D eigenvalue weighted by molar-refractivity contribution is -0.145. The average molecular weight is 286 g/mol. The van der Waals surface area contributed by atoms with Crippen LogP contribution in [0.15, 0.2) is 0 Å². The van der Waals surface area contributed by atoms with Crippen LogP contribution < -0.4 is 5.73 Å². The molecule has 6 heteroatoms. The fraction of sp³-hybridized carbons (Fsp3) is 0.857. The van der Waals surface area contributed by atoms with Gasteiger partial charge in [0.05, 0.1) is 13.0 Å². The molecule has 1 atom stereocenters. The fourth-order valence-corrected chi connectivity index (χ4v) is 2.29. The maximum Gasteiger partial charge on any atom is 0.410 e. The van der Waals surface area contributed by atoms with Gasteiger partial charge in [0.25, 0.3) is 0 Å². The van der Waals surface area contributed by atoms with Gasteiger partial charge in [0.1, 0.15) is 5.60 Å². The summed E-state index contributed by atoms with van der Waals surface area (Å²) in [5.74, 6) is -0.318. The molecule has 1 aliphatic rings. The predicted octanol–water partition coefficient (Wildman–Crippen LogP) is 1.67. The van der Waals surface area contributed by atoms with Crippen LogP contribution in [0.1, 0.15) is 47.0 Å². The van der Waals surface area contributed by atoms with Gasteiger partial charge in [-0.05, 0) is 40.5 Å². The highest BCUT2D eigenvalue weighted by atomic mass is 16.6. The van der Waals surface area contributed by atoms with Crippen molar-refractivity contribution in [2.24, 2.45) is 5.73 Å². The Hall–Kier alpha value is -1.30. The first-order valence-corrected chi connectivity index (χ1v) is 7.08. The zero-order valence-electron chi connectivity index (χ0n) is 12.9. The third kappa shape index (κ3) is 5.36. The summed E-state index contributed by atoms with van der Waals surface area (Å²) in [6.07, 6.45) is 1.20. The van der Waals surface area contributed by atoms with E-state index >= 15 is 0 Å². The van der Waals surface area contributed by atoms with Crippen LogP contribution >= 0.6 is 0 Å². The Labute approximate surface area is 120 Å². The van der Waals surface area contributed by atoms with Crippen molar-refractivity contribution in [3.05, 3.63) is 0 Å². The number of nitrogens with two attached hydrogens (primary N) is 1. The van der Waals surface area contributed by atoms with Gasteiger partial charge in [-0.1, -0.05) is 0 Å². The molecule has 0 spiro atoms. The number of ether oxygens (including phenoxy) is 2. The van der Waals surface area contributed by atoms with Gasteiger partial charge in [0, 0.05) is 18.6 Å². The highest BCUT2D eigenvalue weighted by molar-refractivity contribution is 5.72. The smallest absolute Gasteiger partial charge is 0.410 e. The molecule has 2 N–H and O–H groups in total. The van der Waals surface area contributed by atoms with Crippen molar-refractivity contribution in [3.63, 3.8) is 0 Å². The number of carbonyl (C=O) groups is 2. The topological polar surface area (TPSA) is 81.9 Å². The van der Waals surface area contributed by atoms with E-state index in [2.05, 4.69) is 0 Å². The maximum atomic E-state index is 12.0. The van der Waals surface area contributed by atoms with Gasteiger partial charge in [-0.2, -0.15) is 0 Å². The molecule has 1 heterocycles. The summed E-state index contributed by atoms with van der Waals surface area (Å²) in [4.78, 5) is 25.2. The van der Waals surface area contributed by atoms with Crippen molar-refractivity contribution in [3.8, 4) is 0 Å². The fourth-order valence-electron chi connectivity index (χ4n) is 2.29. The number of nitrogens with zero attached hydrogens (tertiary/aromatic N) is 1. The zero-order valence-corrected chi connectivity index (χ0v) is 12.9. The number of esters is 1. The minimum atomic E-state index is -0.721. The van der Waals surface area contributed by atoms with E-state index in [0.717, 1.165) is 6.42 Å². The molecule has 0 aromatic carbocycles. The predicted molar refractivity (Wildman–Crippen MR) is 75.2 cm³/mol. The third-order valence-electron chi connectivity index (χ3n) is 3.06. The van der Waals surface area contributed by atoms with Gasteiger partial charge in [0.15, 0.2) is 0 Å². The molecule has 20 heavy (non-hydrogen) atoms. The summed E-state index contributed by atoms with van der Waals surface area (Å²) in [5, 5.41) is 0. The Balaban J connectivity index is 2.61. The van der Waals surface area contributed by atoms with Crippen molar-refractivity contribution in [1.29, 1.82) is 0 Å². The first-order chi connectivity index (χ1) is 9.15. The summed E-state index contributed by atoms with van der Waals surface area (Å²) >= 11 is 0. The first kappa shape index (κ1) is 16.8. The molecule has 0 aromatic rings. The zero-order chi connectivity index (χ0) is 15.4. The van der Waals surface area contributed by atoms with Crippen molar-refractivity contribution < 1.29 is 19.1 Å². The molecule has 1 aliphatic heterocycles. The van der Waals surface area contributed by atoms with Crippen LogP contribution in [0.4, 0.5) is 4.79 Å². The summed E-state index contributed by atoms with van der Waals surface area (Å²) in [6, 6.07) is 0. The molecule has 1 fully saturated rings. The molecule has 0 aromatic heterocycles. The summed E-state index contributed by atoms with van der Waals surface area (Å²) < 4.78 is 10.3. The van der Waals surface area contributed by atoms with E-state index in [1.165, 1.54) is 0 Å². The second-order valence-electron chi connectivity index (χ2n) is 6.35. The molecule has 0 bridgehead atoms. The normalized spacial score (nSPS) is 23.4. The number of likely N-dealkylation sites (tertiary alicyclic amines) is 1. The Bertz CT molecular complexity index is 365. The van der Waals surface area contributed by atoms with E-state index in [1.807, 2.05) is 20.8 Å². The number of hydrogen-bond donors (Lipinski definition) is 1. The van der Waals surface area contributed by atoms with Gasteiger partial charge >= 0.3 is 12.1 Å². The quantitative estimate of drug-likeness (QED) is 0.798. The lowest BCUT2D eigenvalue weighted by Crippen LogP contribution is -2.57. The summed E-state index contributed by atoms with van der Waals surface area (Å²) in [5.41, 5.74) is 4.98. The molecule has 1 rings (SSSR count). The van der Waals surface area contributed by atoms with E-state index in [1.54, 1.807) is 11.8 Å². The Morgan fingerprint density at radius 3 is 2.55 bits per heavy atom. The standard InChI is InChI=1S/C14H26N2O4/c1-5-19-11(17)9-14(15)7-6-8-16(10-14)12(18)20-13(2,3)4/h5-10,15H2,1-4H3/t14-/m1/s1. The van der Waals surface area contributed by atoms with Crippen molar-refractivity contribution in [1.82, 2.24) is 4.90 Å². The van der Waals surface area contributed by atoms with Crippen LogP contribution in [0.5, 0.6) is 0 Å². The molecule has 116 valence electrons. The molecule has 0 aliphatic carbocycles. The molecule has 6 nitrogen and oxygen atoms in total. The maximum absolute atomic E-state index is 12.0. The number of carbonyl (C=O) groups excluding carboxylic acids is 2. The van der Waals surface area contributed by atoms with E-state index in [9.17, 15) is 9.59 Å². The molecular formula is C14H26N2O4. The van der Waals surface area contributed by atoms with Crippen LogP contribution in [-0.4, -0.2) is 47.8 Å². The van der Waals surface area contributed by atoms with Crippen LogP contribution in [0.25, 0.3) is 0 Å². The van der Waals surface area contributed by atoms with Crippen molar-refractivity contribution >= 4 is 12.1 Å². The lowest BCUT2D eigenvalue weighted by Gasteiger charge is -2.40. The van der Waals surface area contributed by atoms with Gasteiger partial charge in [0.2, 0.25) is 0 Å². The van der Waals surface area contributed by atoms with Crippen LogP contribution in [0.2, 0.25) is 0 Å². The van der Waals surface area contributed by atoms with Crippen molar-refractivity contribution in [2.45, 2.75) is 58.1 Å². The first-order valence-electron chi connectivity index (χ1n) is 7.08. The Kier molecular flexibility index (Phi) is 5.39. The Morgan fingerprint density at radius 1 is 1.35 bits per heavy atom. The lowest BCUT2D eigenvalue weighted by atomic mass is 9.87. The van der Waals surface area contributed by atoms with E-state index in [-0.39, 0.29) is 18.5 Å².